The SMILES string of the molecule is CCC(C(C)C)C(OC(=O)CC(=O)O)OC(=O)CC(=O)O. The molecule has 0 bridgehead atoms. The van der Waals surface area contributed by atoms with E-state index in [1.54, 1.807) is 6.92 Å². The second-order valence-corrected chi connectivity index (χ2v) is 4.81. The van der Waals surface area contributed by atoms with Crippen LogP contribution in [-0.2, 0) is 28.7 Å². The van der Waals surface area contributed by atoms with Gasteiger partial charge in [-0.2, -0.15) is 0 Å². The van der Waals surface area contributed by atoms with Gasteiger partial charge in [-0.1, -0.05) is 20.8 Å². The highest BCUT2D eigenvalue weighted by Gasteiger charge is 2.31. The summed E-state index contributed by atoms with van der Waals surface area (Å²) >= 11 is 0. The number of rotatable bonds is 9. The number of carbonyl (C=O) groups is 4. The number of carboxylic acid groups (broad SMARTS) is 2. The van der Waals surface area contributed by atoms with Crippen molar-refractivity contribution in [3.8, 4) is 0 Å². The molecule has 0 saturated heterocycles. The predicted octanol–water partition coefficient (Wildman–Crippen LogP) is 1.03. The van der Waals surface area contributed by atoms with E-state index in [4.69, 9.17) is 19.7 Å². The Kier molecular flexibility index (Phi) is 8.03. The molecular formula is C13H20O8. The first-order valence-corrected chi connectivity index (χ1v) is 6.49. The van der Waals surface area contributed by atoms with Gasteiger partial charge in [0.25, 0.3) is 0 Å². The number of esters is 2. The minimum Gasteiger partial charge on any atom is -0.481 e. The van der Waals surface area contributed by atoms with E-state index >= 15 is 0 Å². The van der Waals surface area contributed by atoms with E-state index in [1.807, 2.05) is 13.8 Å². The molecule has 120 valence electrons. The Balaban J connectivity index is 4.91. The number of hydrogen-bond donors (Lipinski definition) is 2. The third-order valence-corrected chi connectivity index (χ3v) is 2.76. The largest absolute Gasteiger partial charge is 0.481 e. The van der Waals surface area contributed by atoms with Crippen LogP contribution in [0.15, 0.2) is 0 Å². The summed E-state index contributed by atoms with van der Waals surface area (Å²) in [6.45, 7) is 5.42. The van der Waals surface area contributed by atoms with Crippen LogP contribution in [0.4, 0.5) is 0 Å². The van der Waals surface area contributed by atoms with Crippen molar-refractivity contribution >= 4 is 23.9 Å². The van der Waals surface area contributed by atoms with Crippen LogP contribution in [0.5, 0.6) is 0 Å². The molecule has 0 aromatic rings. The Hall–Kier alpha value is -2.12. The molecule has 1 unspecified atom stereocenters. The van der Waals surface area contributed by atoms with E-state index in [-0.39, 0.29) is 11.8 Å². The molecule has 0 amide bonds. The van der Waals surface area contributed by atoms with Gasteiger partial charge in [0.15, 0.2) is 0 Å². The Morgan fingerprint density at radius 1 is 0.905 bits per heavy atom. The van der Waals surface area contributed by atoms with Crippen molar-refractivity contribution in [2.75, 3.05) is 0 Å². The summed E-state index contributed by atoms with van der Waals surface area (Å²) < 4.78 is 9.74. The summed E-state index contributed by atoms with van der Waals surface area (Å²) in [7, 11) is 0. The molecule has 0 aliphatic carbocycles. The lowest BCUT2D eigenvalue weighted by Crippen LogP contribution is -2.35. The highest BCUT2D eigenvalue weighted by Crippen LogP contribution is 2.23. The van der Waals surface area contributed by atoms with Gasteiger partial charge in [-0.15, -0.1) is 0 Å². The van der Waals surface area contributed by atoms with Crippen molar-refractivity contribution in [3.63, 3.8) is 0 Å². The summed E-state index contributed by atoms with van der Waals surface area (Å²) in [6.07, 6.45) is -2.51. The molecule has 0 saturated carbocycles. The van der Waals surface area contributed by atoms with Crippen LogP contribution in [0.2, 0.25) is 0 Å². The maximum atomic E-state index is 11.4. The van der Waals surface area contributed by atoms with Crippen molar-refractivity contribution in [1.82, 2.24) is 0 Å². The van der Waals surface area contributed by atoms with Gasteiger partial charge in [-0.05, 0) is 12.3 Å². The van der Waals surface area contributed by atoms with Crippen LogP contribution >= 0.6 is 0 Å². The van der Waals surface area contributed by atoms with Gasteiger partial charge in [0.2, 0.25) is 6.29 Å². The number of aliphatic carboxylic acids is 2. The molecule has 0 spiro atoms. The van der Waals surface area contributed by atoms with Crippen LogP contribution < -0.4 is 0 Å². The van der Waals surface area contributed by atoms with E-state index < -0.39 is 43.0 Å². The molecule has 0 rings (SSSR count). The Morgan fingerprint density at radius 2 is 1.29 bits per heavy atom. The minimum atomic E-state index is -1.37. The van der Waals surface area contributed by atoms with E-state index in [9.17, 15) is 19.2 Å². The van der Waals surface area contributed by atoms with Gasteiger partial charge in [-0.25, -0.2) is 0 Å². The van der Waals surface area contributed by atoms with Gasteiger partial charge >= 0.3 is 23.9 Å². The Morgan fingerprint density at radius 3 is 1.52 bits per heavy atom. The molecule has 0 heterocycles. The summed E-state index contributed by atoms with van der Waals surface area (Å²) in [6, 6.07) is 0. The standard InChI is InChI=1S/C13H20O8/c1-4-8(7(2)3)13(20-11(18)5-9(14)15)21-12(19)6-10(16)17/h7-8,13H,4-6H2,1-3H3,(H,14,15)(H,16,17). The van der Waals surface area contributed by atoms with Crippen LogP contribution in [0, 0.1) is 11.8 Å². The van der Waals surface area contributed by atoms with E-state index in [0.717, 1.165) is 0 Å². The van der Waals surface area contributed by atoms with Gasteiger partial charge in [-0.3, -0.25) is 19.2 Å². The maximum Gasteiger partial charge on any atom is 0.320 e. The zero-order valence-electron chi connectivity index (χ0n) is 12.2. The lowest BCUT2D eigenvalue weighted by atomic mass is 9.92. The second kappa shape index (κ2) is 8.93. The summed E-state index contributed by atoms with van der Waals surface area (Å²) in [5.74, 6) is -5.21. The van der Waals surface area contributed by atoms with Crippen LogP contribution in [0.3, 0.4) is 0 Å². The van der Waals surface area contributed by atoms with E-state index in [2.05, 4.69) is 0 Å². The summed E-state index contributed by atoms with van der Waals surface area (Å²) in [5.41, 5.74) is 0. The molecular weight excluding hydrogens is 284 g/mol. The summed E-state index contributed by atoms with van der Waals surface area (Å²) in [5, 5.41) is 17.0. The molecule has 0 radical (unpaired) electrons. The molecule has 0 aliphatic heterocycles. The molecule has 0 aliphatic rings. The van der Waals surface area contributed by atoms with E-state index in [1.165, 1.54) is 0 Å². The predicted molar refractivity (Wildman–Crippen MR) is 69.1 cm³/mol. The minimum absolute atomic E-state index is 0.0183. The van der Waals surface area contributed by atoms with Crippen molar-refractivity contribution in [2.45, 2.75) is 46.3 Å². The Labute approximate surface area is 122 Å². The van der Waals surface area contributed by atoms with Crippen molar-refractivity contribution in [3.05, 3.63) is 0 Å². The molecule has 0 aromatic heterocycles. The topological polar surface area (TPSA) is 127 Å². The number of carboxylic acids is 2. The third-order valence-electron chi connectivity index (χ3n) is 2.76. The van der Waals surface area contributed by atoms with Gasteiger partial charge < -0.3 is 19.7 Å². The zero-order valence-corrected chi connectivity index (χ0v) is 12.2. The highest BCUT2D eigenvalue weighted by atomic mass is 16.7. The first-order chi connectivity index (χ1) is 9.67. The lowest BCUT2D eigenvalue weighted by Gasteiger charge is -2.28. The average molecular weight is 304 g/mol. The van der Waals surface area contributed by atoms with E-state index in [0.29, 0.717) is 6.42 Å². The third kappa shape index (κ3) is 7.91. The molecule has 1 atom stereocenters. The molecule has 21 heavy (non-hydrogen) atoms. The fourth-order valence-electron chi connectivity index (χ4n) is 1.77. The number of ether oxygens (including phenoxy) is 2. The first kappa shape index (κ1) is 18.9. The Bertz CT molecular complexity index is 371. The molecule has 8 nitrogen and oxygen atoms in total. The number of hydrogen-bond acceptors (Lipinski definition) is 6. The average Bonchev–Trinajstić information content (AvgIpc) is 2.25. The highest BCUT2D eigenvalue weighted by molar-refractivity contribution is 5.91. The smallest absolute Gasteiger partial charge is 0.320 e. The fraction of sp³-hybridized carbons (Fsp3) is 0.692. The first-order valence-electron chi connectivity index (χ1n) is 6.49. The van der Waals surface area contributed by atoms with Crippen molar-refractivity contribution < 1.29 is 38.9 Å². The van der Waals surface area contributed by atoms with Crippen LogP contribution in [-0.4, -0.2) is 40.4 Å². The van der Waals surface area contributed by atoms with Crippen LogP contribution in [0.25, 0.3) is 0 Å². The summed E-state index contributed by atoms with van der Waals surface area (Å²) in [4.78, 5) is 43.7. The zero-order chi connectivity index (χ0) is 16.6. The second-order valence-electron chi connectivity index (χ2n) is 4.81. The lowest BCUT2D eigenvalue weighted by molar-refractivity contribution is -0.202. The normalized spacial score (nSPS) is 12.0. The van der Waals surface area contributed by atoms with Crippen LogP contribution in [0.1, 0.15) is 40.0 Å². The maximum absolute atomic E-state index is 11.4. The molecule has 0 aromatic carbocycles. The van der Waals surface area contributed by atoms with Crippen molar-refractivity contribution in [2.24, 2.45) is 11.8 Å². The number of carbonyl (C=O) groups excluding carboxylic acids is 2. The monoisotopic (exact) mass is 304 g/mol. The van der Waals surface area contributed by atoms with Gasteiger partial charge in [0.05, 0.1) is 0 Å². The fourth-order valence-corrected chi connectivity index (χ4v) is 1.77. The quantitative estimate of drug-likeness (QED) is 0.367. The van der Waals surface area contributed by atoms with Gasteiger partial charge in [0, 0.05) is 5.92 Å². The van der Waals surface area contributed by atoms with Gasteiger partial charge in [0.1, 0.15) is 12.8 Å². The molecule has 2 N–H and O–H groups in total. The molecule has 0 fully saturated rings. The molecule has 8 heteroatoms. The van der Waals surface area contributed by atoms with Crippen molar-refractivity contribution in [1.29, 1.82) is 0 Å².